The third-order valence-electron chi connectivity index (χ3n) is 6.58. The number of hydrogen-bond acceptors (Lipinski definition) is 2. The molecule has 0 spiro atoms. The highest BCUT2D eigenvalue weighted by molar-refractivity contribution is 5.94. The van der Waals surface area contributed by atoms with Crippen molar-refractivity contribution in [2.24, 2.45) is 0 Å². The molecule has 0 radical (unpaired) electrons. The van der Waals surface area contributed by atoms with Gasteiger partial charge in [0, 0.05) is 23.8 Å². The lowest BCUT2D eigenvalue weighted by atomic mass is 9.80. The van der Waals surface area contributed by atoms with Gasteiger partial charge in [0.2, 0.25) is 0 Å². The summed E-state index contributed by atoms with van der Waals surface area (Å²) in [6.07, 6.45) is 4.43. The maximum atomic E-state index is 6.99. The largest absolute Gasteiger partial charge is 0.473 e. The quantitative estimate of drug-likeness (QED) is 0.295. The lowest BCUT2D eigenvalue weighted by Gasteiger charge is -2.37. The first-order chi connectivity index (χ1) is 16.3. The fourth-order valence-electron chi connectivity index (χ4n) is 4.98. The molecular formula is C31H24O2. The Kier molecular flexibility index (Phi) is 4.74. The Labute approximate surface area is 193 Å². The molecule has 0 saturated heterocycles. The van der Waals surface area contributed by atoms with Gasteiger partial charge in [0.1, 0.15) is 5.75 Å². The van der Waals surface area contributed by atoms with Gasteiger partial charge in [-0.2, -0.15) is 0 Å². The van der Waals surface area contributed by atoms with E-state index in [0.717, 1.165) is 28.0 Å². The number of methoxy groups -OCH3 is 1. The minimum atomic E-state index is -0.755. The van der Waals surface area contributed by atoms with E-state index in [4.69, 9.17) is 9.47 Å². The standard InChI is InChI=1S/C31H24O2/c1-32-21-25-11-5-7-13-29(25)31(26-16-14-22-8-2-3-10-24(22)20-26)19-18-28-27-12-6-4-9-23(27)15-17-30(28)33-31/h2-20H,21H2,1H3. The third-order valence-corrected chi connectivity index (χ3v) is 6.58. The Morgan fingerprint density at radius 2 is 1.45 bits per heavy atom. The van der Waals surface area contributed by atoms with E-state index < -0.39 is 5.60 Å². The van der Waals surface area contributed by atoms with Crippen LogP contribution >= 0.6 is 0 Å². The Bertz CT molecular complexity index is 1510. The molecule has 2 nitrogen and oxygen atoms in total. The minimum absolute atomic E-state index is 0.521. The second kappa shape index (κ2) is 7.91. The van der Waals surface area contributed by atoms with Gasteiger partial charge in [-0.05, 0) is 51.4 Å². The van der Waals surface area contributed by atoms with Gasteiger partial charge in [0.05, 0.1) is 6.61 Å². The molecule has 0 saturated carbocycles. The first-order valence-corrected chi connectivity index (χ1v) is 11.3. The van der Waals surface area contributed by atoms with Crippen LogP contribution in [-0.2, 0) is 16.9 Å². The predicted molar refractivity (Wildman–Crippen MR) is 135 cm³/mol. The van der Waals surface area contributed by atoms with E-state index in [9.17, 15) is 0 Å². The van der Waals surface area contributed by atoms with Crippen molar-refractivity contribution in [2.45, 2.75) is 12.2 Å². The molecule has 160 valence electrons. The molecule has 1 aliphatic rings. The first kappa shape index (κ1) is 19.8. The average molecular weight is 429 g/mol. The van der Waals surface area contributed by atoms with Crippen molar-refractivity contribution in [1.82, 2.24) is 0 Å². The average Bonchev–Trinajstić information content (AvgIpc) is 2.88. The summed E-state index contributed by atoms with van der Waals surface area (Å²) < 4.78 is 12.6. The van der Waals surface area contributed by atoms with Gasteiger partial charge >= 0.3 is 0 Å². The smallest absolute Gasteiger partial charge is 0.178 e. The minimum Gasteiger partial charge on any atom is -0.473 e. The molecule has 2 heteroatoms. The maximum absolute atomic E-state index is 6.99. The summed E-state index contributed by atoms with van der Waals surface area (Å²) in [5, 5.41) is 4.82. The van der Waals surface area contributed by atoms with Crippen LogP contribution in [0.25, 0.3) is 27.6 Å². The summed E-state index contributed by atoms with van der Waals surface area (Å²) >= 11 is 0. The van der Waals surface area contributed by atoms with Crippen LogP contribution < -0.4 is 4.74 Å². The van der Waals surface area contributed by atoms with Crippen LogP contribution in [0.2, 0.25) is 0 Å². The van der Waals surface area contributed by atoms with E-state index >= 15 is 0 Å². The maximum Gasteiger partial charge on any atom is 0.178 e. The summed E-state index contributed by atoms with van der Waals surface area (Å²) in [4.78, 5) is 0. The molecule has 0 bridgehead atoms. The summed E-state index contributed by atoms with van der Waals surface area (Å²) in [6, 6.07) is 36.1. The normalized spacial score (nSPS) is 17.1. The predicted octanol–water partition coefficient (Wildman–Crippen LogP) is 7.49. The lowest BCUT2D eigenvalue weighted by molar-refractivity contribution is 0.149. The highest BCUT2D eigenvalue weighted by atomic mass is 16.5. The van der Waals surface area contributed by atoms with E-state index in [-0.39, 0.29) is 0 Å². The SMILES string of the molecule is COCc1ccccc1C1(c2ccc3ccccc3c2)C=Cc2c(ccc3ccccc23)O1. The number of ether oxygens (including phenoxy) is 2. The Morgan fingerprint density at radius 3 is 2.33 bits per heavy atom. The first-order valence-electron chi connectivity index (χ1n) is 11.3. The number of benzene rings is 5. The second-order valence-corrected chi connectivity index (χ2v) is 8.52. The van der Waals surface area contributed by atoms with Gasteiger partial charge in [0.15, 0.2) is 5.60 Å². The van der Waals surface area contributed by atoms with Crippen LogP contribution in [0.1, 0.15) is 22.3 Å². The van der Waals surface area contributed by atoms with Crippen molar-refractivity contribution >= 4 is 27.6 Å². The summed E-state index contributed by atoms with van der Waals surface area (Å²) in [5.74, 6) is 0.886. The molecule has 0 aromatic heterocycles. The molecular weight excluding hydrogens is 404 g/mol. The van der Waals surface area contributed by atoms with Crippen molar-refractivity contribution in [3.05, 3.63) is 131 Å². The Balaban J connectivity index is 1.61. The molecule has 1 aliphatic heterocycles. The summed E-state index contributed by atoms with van der Waals surface area (Å²) in [7, 11) is 1.73. The summed E-state index contributed by atoms with van der Waals surface area (Å²) in [5.41, 5.74) is 3.67. The Hall–Kier alpha value is -3.88. The third kappa shape index (κ3) is 3.23. The van der Waals surface area contributed by atoms with Crippen LogP contribution in [-0.4, -0.2) is 7.11 Å². The molecule has 1 atom stereocenters. The molecule has 33 heavy (non-hydrogen) atoms. The topological polar surface area (TPSA) is 18.5 Å². The van der Waals surface area contributed by atoms with Crippen LogP contribution in [0.4, 0.5) is 0 Å². The van der Waals surface area contributed by atoms with Gasteiger partial charge in [-0.15, -0.1) is 0 Å². The Morgan fingerprint density at radius 1 is 0.727 bits per heavy atom. The lowest BCUT2D eigenvalue weighted by Crippen LogP contribution is -2.35. The van der Waals surface area contributed by atoms with E-state index in [0.29, 0.717) is 6.61 Å². The van der Waals surface area contributed by atoms with Crippen molar-refractivity contribution in [2.75, 3.05) is 7.11 Å². The molecule has 0 N–H and O–H groups in total. The van der Waals surface area contributed by atoms with Gasteiger partial charge in [-0.1, -0.05) is 91.0 Å². The van der Waals surface area contributed by atoms with Crippen LogP contribution in [0.3, 0.4) is 0 Å². The van der Waals surface area contributed by atoms with E-state index in [1.165, 1.54) is 21.5 Å². The molecule has 0 amide bonds. The molecule has 0 fully saturated rings. The number of hydrogen-bond donors (Lipinski definition) is 0. The fraction of sp³-hybridized carbons (Fsp3) is 0.0968. The zero-order valence-electron chi connectivity index (χ0n) is 18.5. The van der Waals surface area contributed by atoms with Crippen molar-refractivity contribution in [1.29, 1.82) is 0 Å². The number of rotatable bonds is 4. The van der Waals surface area contributed by atoms with E-state index in [1.807, 2.05) is 0 Å². The number of fused-ring (bicyclic) bond motifs is 4. The molecule has 6 rings (SSSR count). The van der Waals surface area contributed by atoms with Gasteiger partial charge in [-0.3, -0.25) is 0 Å². The van der Waals surface area contributed by atoms with Gasteiger partial charge in [0.25, 0.3) is 0 Å². The van der Waals surface area contributed by atoms with Crippen molar-refractivity contribution in [3.63, 3.8) is 0 Å². The van der Waals surface area contributed by atoms with Crippen LogP contribution in [0.5, 0.6) is 5.75 Å². The van der Waals surface area contributed by atoms with Gasteiger partial charge < -0.3 is 9.47 Å². The van der Waals surface area contributed by atoms with E-state index in [2.05, 4.69) is 115 Å². The summed E-state index contributed by atoms with van der Waals surface area (Å²) in [6.45, 7) is 0.521. The van der Waals surface area contributed by atoms with Crippen molar-refractivity contribution < 1.29 is 9.47 Å². The molecule has 1 heterocycles. The molecule has 0 aliphatic carbocycles. The van der Waals surface area contributed by atoms with Crippen LogP contribution in [0.15, 0.2) is 109 Å². The highest BCUT2D eigenvalue weighted by Crippen LogP contribution is 2.45. The molecule has 1 unspecified atom stereocenters. The highest BCUT2D eigenvalue weighted by Gasteiger charge is 2.39. The fourth-order valence-corrected chi connectivity index (χ4v) is 4.98. The zero-order chi connectivity index (χ0) is 22.3. The van der Waals surface area contributed by atoms with Crippen molar-refractivity contribution in [3.8, 4) is 5.75 Å². The van der Waals surface area contributed by atoms with Crippen LogP contribution in [0, 0.1) is 0 Å². The second-order valence-electron chi connectivity index (χ2n) is 8.52. The zero-order valence-corrected chi connectivity index (χ0v) is 18.5. The monoisotopic (exact) mass is 428 g/mol. The molecule has 5 aromatic rings. The molecule has 5 aromatic carbocycles. The van der Waals surface area contributed by atoms with E-state index in [1.54, 1.807) is 7.11 Å². The van der Waals surface area contributed by atoms with Gasteiger partial charge in [-0.25, -0.2) is 0 Å².